The summed E-state index contributed by atoms with van der Waals surface area (Å²) in [6.45, 7) is 1.90. The van der Waals surface area contributed by atoms with Gasteiger partial charge in [0.05, 0.1) is 6.04 Å². The monoisotopic (exact) mass is 318 g/mol. The molecule has 0 saturated heterocycles. The zero-order valence-corrected chi connectivity index (χ0v) is 12.4. The number of aromatic hydroxyl groups is 1. The van der Waals surface area contributed by atoms with Crippen molar-refractivity contribution in [3.05, 3.63) is 47.3 Å². The number of anilines is 1. The highest BCUT2D eigenvalue weighted by atomic mass is 19.1. The van der Waals surface area contributed by atoms with Crippen LogP contribution in [0.3, 0.4) is 0 Å². The molecule has 0 fully saturated rings. The maximum atomic E-state index is 13.0. The van der Waals surface area contributed by atoms with Crippen LogP contribution in [0.5, 0.6) is 11.8 Å². The number of hydrogen-bond acceptors (Lipinski definition) is 4. The highest BCUT2D eigenvalue weighted by molar-refractivity contribution is 5.89. The Balaban J connectivity index is 1.99. The predicted molar refractivity (Wildman–Crippen MR) is 80.6 cm³/mol. The number of benzene rings is 1. The number of ether oxygens (including phenoxy) is 1. The number of carbonyl (C=O) groups is 1. The first-order valence-electron chi connectivity index (χ1n) is 7.08. The number of amides is 1. The van der Waals surface area contributed by atoms with E-state index in [1.165, 1.54) is 17.0 Å². The standard InChI is InChI=1S/C16H15FN2O4/c1-9-8-23-15-13(19(9)16(21)22)7-11(14(20)18-15)6-10-2-4-12(17)5-3-10/h2-5,7,9H,6,8H2,1H3,(H,18,20)(H,21,22)/t9-/m0/s1. The van der Waals surface area contributed by atoms with Crippen LogP contribution in [0.15, 0.2) is 30.3 Å². The van der Waals surface area contributed by atoms with Crippen molar-refractivity contribution >= 4 is 11.8 Å². The topological polar surface area (TPSA) is 82.9 Å². The van der Waals surface area contributed by atoms with Crippen LogP contribution in [0.1, 0.15) is 18.1 Å². The van der Waals surface area contributed by atoms with Gasteiger partial charge in [0.25, 0.3) is 0 Å². The molecule has 0 spiro atoms. The lowest BCUT2D eigenvalue weighted by Crippen LogP contribution is -2.44. The van der Waals surface area contributed by atoms with Gasteiger partial charge in [-0.2, -0.15) is 4.98 Å². The summed E-state index contributed by atoms with van der Waals surface area (Å²) in [5.41, 5.74) is 1.51. The van der Waals surface area contributed by atoms with Crippen molar-refractivity contribution in [2.24, 2.45) is 0 Å². The highest BCUT2D eigenvalue weighted by Gasteiger charge is 2.31. The van der Waals surface area contributed by atoms with Gasteiger partial charge < -0.3 is 14.9 Å². The van der Waals surface area contributed by atoms with Gasteiger partial charge in [0.15, 0.2) is 0 Å². The van der Waals surface area contributed by atoms with Gasteiger partial charge in [-0.05, 0) is 30.7 Å². The molecule has 23 heavy (non-hydrogen) atoms. The predicted octanol–water partition coefficient (Wildman–Crippen LogP) is 2.78. The van der Waals surface area contributed by atoms with Crippen molar-refractivity contribution in [1.82, 2.24) is 4.98 Å². The van der Waals surface area contributed by atoms with E-state index in [1.807, 2.05) is 0 Å². The second-order valence-electron chi connectivity index (χ2n) is 5.41. The molecular weight excluding hydrogens is 303 g/mol. The smallest absolute Gasteiger partial charge is 0.412 e. The molecule has 2 heterocycles. The van der Waals surface area contributed by atoms with Crippen LogP contribution >= 0.6 is 0 Å². The number of carboxylic acid groups (broad SMARTS) is 1. The maximum Gasteiger partial charge on any atom is 0.412 e. The third-order valence-electron chi connectivity index (χ3n) is 3.70. The Morgan fingerprint density at radius 1 is 1.43 bits per heavy atom. The summed E-state index contributed by atoms with van der Waals surface area (Å²) < 4.78 is 18.4. The Hall–Kier alpha value is -2.83. The first kappa shape index (κ1) is 15.1. The van der Waals surface area contributed by atoms with E-state index in [0.29, 0.717) is 17.7 Å². The summed E-state index contributed by atoms with van der Waals surface area (Å²) in [5, 5.41) is 19.4. The molecule has 120 valence electrons. The molecule has 0 bridgehead atoms. The molecule has 6 nitrogen and oxygen atoms in total. The van der Waals surface area contributed by atoms with E-state index in [-0.39, 0.29) is 30.2 Å². The van der Waals surface area contributed by atoms with E-state index in [1.54, 1.807) is 25.1 Å². The SMILES string of the molecule is C[C@H]1COc2nc(O)c(Cc3ccc(F)cc3)cc2N1C(=O)O. The summed E-state index contributed by atoms with van der Waals surface area (Å²) in [5.74, 6) is -0.486. The van der Waals surface area contributed by atoms with Gasteiger partial charge in [-0.1, -0.05) is 12.1 Å². The van der Waals surface area contributed by atoms with Crippen LogP contribution in [-0.4, -0.2) is 33.9 Å². The normalized spacial score (nSPS) is 16.6. The van der Waals surface area contributed by atoms with Crippen LogP contribution in [0.2, 0.25) is 0 Å². The number of hydrogen-bond donors (Lipinski definition) is 2. The summed E-state index contributed by atoms with van der Waals surface area (Å²) in [6, 6.07) is 7.04. The Labute approximate surface area is 131 Å². The van der Waals surface area contributed by atoms with Crippen LogP contribution in [-0.2, 0) is 6.42 Å². The first-order valence-corrected chi connectivity index (χ1v) is 7.08. The molecular formula is C16H15FN2O4. The van der Waals surface area contributed by atoms with E-state index in [0.717, 1.165) is 5.56 Å². The number of fused-ring (bicyclic) bond motifs is 1. The zero-order valence-electron chi connectivity index (χ0n) is 12.4. The molecule has 2 N–H and O–H groups in total. The molecule has 1 amide bonds. The largest absolute Gasteiger partial charge is 0.493 e. The molecule has 1 atom stereocenters. The van der Waals surface area contributed by atoms with Crippen molar-refractivity contribution in [2.45, 2.75) is 19.4 Å². The van der Waals surface area contributed by atoms with E-state index in [4.69, 9.17) is 4.74 Å². The average molecular weight is 318 g/mol. The number of halogens is 1. The molecule has 0 unspecified atom stereocenters. The Bertz CT molecular complexity index is 748. The number of rotatable bonds is 2. The van der Waals surface area contributed by atoms with Crippen LogP contribution in [0.4, 0.5) is 14.9 Å². The van der Waals surface area contributed by atoms with Crippen molar-refractivity contribution in [3.8, 4) is 11.8 Å². The van der Waals surface area contributed by atoms with Gasteiger partial charge in [-0.25, -0.2) is 9.18 Å². The third-order valence-corrected chi connectivity index (χ3v) is 3.70. The molecule has 0 radical (unpaired) electrons. The molecule has 1 aliphatic rings. The number of nitrogens with zero attached hydrogens (tertiary/aromatic N) is 2. The van der Waals surface area contributed by atoms with Crippen molar-refractivity contribution < 1.29 is 24.1 Å². The summed E-state index contributed by atoms with van der Waals surface area (Å²) in [7, 11) is 0. The summed E-state index contributed by atoms with van der Waals surface area (Å²) in [4.78, 5) is 16.6. The van der Waals surface area contributed by atoms with E-state index in [2.05, 4.69) is 4.98 Å². The van der Waals surface area contributed by atoms with Gasteiger partial charge in [-0.15, -0.1) is 0 Å². The lowest BCUT2D eigenvalue weighted by atomic mass is 10.0. The Morgan fingerprint density at radius 2 is 2.13 bits per heavy atom. The van der Waals surface area contributed by atoms with Gasteiger partial charge in [0.1, 0.15) is 18.1 Å². The molecule has 1 aromatic carbocycles. The van der Waals surface area contributed by atoms with Gasteiger partial charge >= 0.3 is 6.09 Å². The average Bonchev–Trinajstić information content (AvgIpc) is 2.50. The fraction of sp³-hybridized carbons (Fsp3) is 0.250. The number of aromatic nitrogens is 1. The fourth-order valence-corrected chi connectivity index (χ4v) is 2.55. The lowest BCUT2D eigenvalue weighted by molar-refractivity contribution is 0.188. The molecule has 1 aromatic heterocycles. The summed E-state index contributed by atoms with van der Waals surface area (Å²) >= 11 is 0. The van der Waals surface area contributed by atoms with E-state index < -0.39 is 6.09 Å². The van der Waals surface area contributed by atoms with Crippen molar-refractivity contribution in [3.63, 3.8) is 0 Å². The molecule has 2 aromatic rings. The lowest BCUT2D eigenvalue weighted by Gasteiger charge is -2.32. The highest BCUT2D eigenvalue weighted by Crippen LogP contribution is 2.36. The first-order chi connectivity index (χ1) is 11.0. The molecule has 7 heteroatoms. The van der Waals surface area contributed by atoms with Crippen LogP contribution < -0.4 is 9.64 Å². The zero-order chi connectivity index (χ0) is 16.6. The van der Waals surface area contributed by atoms with Gasteiger partial charge in [0, 0.05) is 12.0 Å². The summed E-state index contributed by atoms with van der Waals surface area (Å²) in [6.07, 6.45) is -0.809. The van der Waals surface area contributed by atoms with E-state index in [9.17, 15) is 19.4 Å². The molecule has 0 aliphatic carbocycles. The Kier molecular flexibility index (Phi) is 3.77. The minimum Gasteiger partial charge on any atom is -0.493 e. The maximum absolute atomic E-state index is 13.0. The number of pyridine rings is 1. The van der Waals surface area contributed by atoms with Crippen molar-refractivity contribution in [1.29, 1.82) is 0 Å². The van der Waals surface area contributed by atoms with Crippen LogP contribution in [0, 0.1) is 5.82 Å². The minimum atomic E-state index is -1.11. The quantitative estimate of drug-likeness (QED) is 0.889. The molecule has 0 saturated carbocycles. The van der Waals surface area contributed by atoms with Crippen molar-refractivity contribution in [2.75, 3.05) is 11.5 Å². The van der Waals surface area contributed by atoms with Gasteiger partial charge in [0.2, 0.25) is 11.8 Å². The van der Waals surface area contributed by atoms with E-state index >= 15 is 0 Å². The second kappa shape index (κ2) is 5.75. The third kappa shape index (κ3) is 2.90. The molecule has 3 rings (SSSR count). The fourth-order valence-electron chi connectivity index (χ4n) is 2.55. The second-order valence-corrected chi connectivity index (χ2v) is 5.41. The Morgan fingerprint density at radius 3 is 2.78 bits per heavy atom. The van der Waals surface area contributed by atoms with Gasteiger partial charge in [-0.3, -0.25) is 4.90 Å². The molecule has 1 aliphatic heterocycles. The van der Waals surface area contributed by atoms with Crippen LogP contribution in [0.25, 0.3) is 0 Å². The minimum absolute atomic E-state index is 0.0888.